The molecule has 0 fully saturated rings. The van der Waals surface area contributed by atoms with E-state index < -0.39 is 0 Å². The zero-order valence-electron chi connectivity index (χ0n) is 6.31. The molecule has 0 saturated carbocycles. The monoisotopic (exact) mass is 157 g/mol. The summed E-state index contributed by atoms with van der Waals surface area (Å²) < 4.78 is 0. The maximum Gasteiger partial charge on any atom is 3.00 e. The number of hydrogen-bond acceptors (Lipinski definition) is 0. The zero-order chi connectivity index (χ0) is 4.41. The SMILES string of the molecule is C[c-]1cccc1.[CH3-].[CH3-].[Ti+3]. The Bertz CT molecular complexity index is 108. The third kappa shape index (κ3) is 5.94. The van der Waals surface area contributed by atoms with E-state index in [1.807, 2.05) is 12.1 Å². The predicted octanol–water partition coefficient (Wildman–Crippen LogP) is 2.61. The number of rotatable bonds is 0. The van der Waals surface area contributed by atoms with Gasteiger partial charge in [-0.15, -0.1) is 0 Å². The van der Waals surface area contributed by atoms with Crippen LogP contribution < -0.4 is 0 Å². The van der Waals surface area contributed by atoms with Crippen molar-refractivity contribution < 1.29 is 21.7 Å². The van der Waals surface area contributed by atoms with E-state index in [0.29, 0.717) is 0 Å². The topological polar surface area (TPSA) is 0 Å². The summed E-state index contributed by atoms with van der Waals surface area (Å²) in [6.07, 6.45) is 0. The Labute approximate surface area is 73.5 Å². The van der Waals surface area contributed by atoms with Crippen molar-refractivity contribution in [2.75, 3.05) is 0 Å². The summed E-state index contributed by atoms with van der Waals surface area (Å²) >= 11 is 0. The summed E-state index contributed by atoms with van der Waals surface area (Å²) in [5, 5.41) is 0. The summed E-state index contributed by atoms with van der Waals surface area (Å²) in [5.74, 6) is 0. The van der Waals surface area contributed by atoms with Gasteiger partial charge in [0.05, 0.1) is 0 Å². The van der Waals surface area contributed by atoms with Gasteiger partial charge in [-0.05, 0) is 0 Å². The van der Waals surface area contributed by atoms with Crippen molar-refractivity contribution in [2.24, 2.45) is 0 Å². The molecule has 0 atom stereocenters. The standard InChI is InChI=1S/C6H7.2CH3.Ti/c1-6-4-2-3-5-6;;;/h2-5H,1H3;2*1H3;/q3*-1;+3. The molecule has 0 amide bonds. The molecule has 0 aliphatic carbocycles. The van der Waals surface area contributed by atoms with Gasteiger partial charge in [-0.1, -0.05) is 6.92 Å². The Kier molecular flexibility index (Phi) is 14.4. The minimum Gasteiger partial charge on any atom is -0.358 e. The summed E-state index contributed by atoms with van der Waals surface area (Å²) in [7, 11) is 0. The van der Waals surface area contributed by atoms with Gasteiger partial charge in [0.1, 0.15) is 0 Å². The Morgan fingerprint density at radius 3 is 1.44 bits per heavy atom. The zero-order valence-corrected chi connectivity index (χ0v) is 7.87. The summed E-state index contributed by atoms with van der Waals surface area (Å²) in [4.78, 5) is 0. The van der Waals surface area contributed by atoms with Crippen LogP contribution in [0.5, 0.6) is 0 Å². The van der Waals surface area contributed by atoms with Crippen molar-refractivity contribution in [3.05, 3.63) is 44.7 Å². The van der Waals surface area contributed by atoms with Crippen LogP contribution in [-0.2, 0) is 21.7 Å². The molecule has 9 heavy (non-hydrogen) atoms. The van der Waals surface area contributed by atoms with Crippen LogP contribution in [-0.4, -0.2) is 0 Å². The molecular formula is C8H13Ti. The van der Waals surface area contributed by atoms with Crippen LogP contribution in [0.1, 0.15) is 5.56 Å². The molecule has 1 heteroatoms. The molecule has 0 spiro atoms. The molecule has 0 heterocycles. The second-order valence-electron chi connectivity index (χ2n) is 1.46. The van der Waals surface area contributed by atoms with Gasteiger partial charge < -0.3 is 14.9 Å². The van der Waals surface area contributed by atoms with Gasteiger partial charge in [0.2, 0.25) is 0 Å². The number of aryl methyl sites for hydroxylation is 1. The van der Waals surface area contributed by atoms with Crippen molar-refractivity contribution in [2.45, 2.75) is 6.92 Å². The molecular weight excluding hydrogens is 144 g/mol. The molecule has 0 saturated heterocycles. The van der Waals surface area contributed by atoms with E-state index in [4.69, 9.17) is 0 Å². The molecule has 1 rings (SSSR count). The van der Waals surface area contributed by atoms with Gasteiger partial charge in [0.25, 0.3) is 0 Å². The minimum absolute atomic E-state index is 0. The van der Waals surface area contributed by atoms with E-state index in [9.17, 15) is 0 Å². The van der Waals surface area contributed by atoms with Crippen LogP contribution in [0.4, 0.5) is 0 Å². The van der Waals surface area contributed by atoms with E-state index in [1.165, 1.54) is 5.56 Å². The summed E-state index contributed by atoms with van der Waals surface area (Å²) in [6.45, 7) is 2.08. The Balaban J connectivity index is -0.000000120. The first-order valence-corrected chi connectivity index (χ1v) is 2.08. The first kappa shape index (κ1) is 16.0. The maximum absolute atomic E-state index is 2.08. The van der Waals surface area contributed by atoms with E-state index in [2.05, 4.69) is 19.1 Å². The Morgan fingerprint density at radius 1 is 1.00 bits per heavy atom. The first-order valence-electron chi connectivity index (χ1n) is 2.08. The predicted molar refractivity (Wildman–Crippen MR) is 39.6 cm³/mol. The first-order chi connectivity index (χ1) is 2.89. The second kappa shape index (κ2) is 8.06. The van der Waals surface area contributed by atoms with Gasteiger partial charge in [0.15, 0.2) is 0 Å². The summed E-state index contributed by atoms with van der Waals surface area (Å²) in [6, 6.07) is 8.24. The molecule has 1 aromatic rings. The van der Waals surface area contributed by atoms with Gasteiger partial charge in [0, 0.05) is 0 Å². The fourth-order valence-corrected chi connectivity index (χ4v) is 0.470. The van der Waals surface area contributed by atoms with Gasteiger partial charge in [-0.25, -0.2) is 12.1 Å². The minimum atomic E-state index is 0. The average molecular weight is 157 g/mol. The van der Waals surface area contributed by atoms with E-state index >= 15 is 0 Å². The molecule has 0 nitrogen and oxygen atoms in total. The average Bonchev–Trinajstić information content (AvgIpc) is 1.86. The van der Waals surface area contributed by atoms with Crippen LogP contribution in [0.15, 0.2) is 24.3 Å². The van der Waals surface area contributed by atoms with Crippen LogP contribution >= 0.6 is 0 Å². The van der Waals surface area contributed by atoms with Crippen molar-refractivity contribution in [3.8, 4) is 0 Å². The fraction of sp³-hybridized carbons (Fsp3) is 0.125. The molecule has 0 N–H and O–H groups in total. The fourth-order valence-electron chi connectivity index (χ4n) is 0.470. The molecule has 0 unspecified atom stereocenters. The van der Waals surface area contributed by atoms with Crippen molar-refractivity contribution >= 4 is 0 Å². The second-order valence-corrected chi connectivity index (χ2v) is 1.46. The molecule has 1 radical (unpaired) electrons. The third-order valence-corrected chi connectivity index (χ3v) is 0.829. The normalized spacial score (nSPS) is 5.89. The van der Waals surface area contributed by atoms with Gasteiger partial charge in [-0.3, -0.25) is 0 Å². The quantitative estimate of drug-likeness (QED) is 0.401. The Hall–Kier alpha value is 0.0643. The molecule has 49 valence electrons. The van der Waals surface area contributed by atoms with Gasteiger partial charge >= 0.3 is 21.7 Å². The van der Waals surface area contributed by atoms with Crippen LogP contribution in [0.25, 0.3) is 0 Å². The van der Waals surface area contributed by atoms with Crippen LogP contribution in [0.2, 0.25) is 0 Å². The molecule has 0 aliphatic heterocycles. The van der Waals surface area contributed by atoms with Crippen molar-refractivity contribution in [1.82, 2.24) is 0 Å². The summed E-state index contributed by atoms with van der Waals surface area (Å²) in [5.41, 5.74) is 1.34. The maximum atomic E-state index is 2.08. The number of hydrogen-bond donors (Lipinski definition) is 0. The largest absolute Gasteiger partial charge is 3.00 e. The van der Waals surface area contributed by atoms with E-state index in [1.54, 1.807) is 0 Å². The van der Waals surface area contributed by atoms with Gasteiger partial charge in [-0.2, -0.15) is 17.7 Å². The molecule has 0 aromatic heterocycles. The van der Waals surface area contributed by atoms with Crippen molar-refractivity contribution in [1.29, 1.82) is 0 Å². The van der Waals surface area contributed by atoms with Crippen LogP contribution in [0, 0.1) is 21.8 Å². The van der Waals surface area contributed by atoms with Crippen LogP contribution in [0.3, 0.4) is 0 Å². The molecule has 0 aliphatic rings. The Morgan fingerprint density at radius 2 is 1.33 bits per heavy atom. The van der Waals surface area contributed by atoms with E-state index in [-0.39, 0.29) is 36.6 Å². The molecule has 0 bridgehead atoms. The smallest absolute Gasteiger partial charge is 0.358 e. The van der Waals surface area contributed by atoms with E-state index in [0.717, 1.165) is 0 Å². The van der Waals surface area contributed by atoms with Crippen molar-refractivity contribution in [3.63, 3.8) is 0 Å². The third-order valence-electron chi connectivity index (χ3n) is 0.829. The molecule has 1 aromatic carbocycles.